The molecule has 9 nitrogen and oxygen atoms in total. The molecule has 0 radical (unpaired) electrons. The molecule has 0 aromatic rings. The lowest BCUT2D eigenvalue weighted by molar-refractivity contribution is 0.115. The third kappa shape index (κ3) is 15.2. The van der Waals surface area contributed by atoms with Crippen molar-refractivity contribution in [2.24, 2.45) is 0 Å². The molecule has 3 aliphatic heterocycles. The Morgan fingerprint density at radius 2 is 0.973 bits per heavy atom. The first-order valence-corrected chi connectivity index (χ1v) is 25.6. The highest BCUT2D eigenvalue weighted by Crippen LogP contribution is 2.30. The smallest absolute Gasteiger partial charge is 0.315 e. The molecule has 3 rings (SSSR count). The van der Waals surface area contributed by atoms with Gasteiger partial charge in [0.2, 0.25) is 0 Å². The van der Waals surface area contributed by atoms with E-state index in [4.69, 9.17) is 40.8 Å². The van der Waals surface area contributed by atoms with Crippen molar-refractivity contribution in [1.29, 1.82) is 0 Å². The SMILES string of the molecule is C[Si](C)(CCCOCC1CO1)O[Si](C)(C)O[Si](C)(CCCOCC1CO1)O[Si](C)(C)CCOCC1CO1. The zero-order chi connectivity index (χ0) is 27.0. The molecule has 0 aromatic carbocycles. The molecule has 0 aliphatic carbocycles. The van der Waals surface area contributed by atoms with Gasteiger partial charge in [-0.25, -0.2) is 0 Å². The van der Waals surface area contributed by atoms with Gasteiger partial charge in [0.05, 0.1) is 39.6 Å². The highest BCUT2D eigenvalue weighted by atomic mass is 28.5. The Kier molecular flexibility index (Phi) is 12.5. The van der Waals surface area contributed by atoms with Crippen molar-refractivity contribution < 1.29 is 40.8 Å². The lowest BCUT2D eigenvalue weighted by Gasteiger charge is -2.42. The third-order valence-corrected chi connectivity index (χ3v) is 22.5. The van der Waals surface area contributed by atoms with Gasteiger partial charge in [-0.3, -0.25) is 0 Å². The van der Waals surface area contributed by atoms with Crippen molar-refractivity contribution in [2.45, 2.75) is 95.1 Å². The van der Waals surface area contributed by atoms with Gasteiger partial charge >= 0.3 is 17.1 Å². The molecular formula is C24H52O9Si4. The molecule has 0 N–H and O–H groups in total. The minimum absolute atomic E-state index is 0.294. The molecule has 0 amide bonds. The predicted octanol–water partition coefficient (Wildman–Crippen LogP) is 4.25. The monoisotopic (exact) mass is 596 g/mol. The van der Waals surface area contributed by atoms with Gasteiger partial charge in [-0.05, 0) is 76.8 Å². The Bertz CT molecular complexity index is 673. The van der Waals surface area contributed by atoms with Crippen LogP contribution in [0.15, 0.2) is 0 Å². The second-order valence-electron chi connectivity index (χ2n) is 12.4. The van der Waals surface area contributed by atoms with Crippen molar-refractivity contribution in [3.63, 3.8) is 0 Å². The summed E-state index contributed by atoms with van der Waals surface area (Å²) in [4.78, 5) is 0. The first kappa shape index (κ1) is 32.0. The van der Waals surface area contributed by atoms with E-state index in [1.165, 1.54) is 0 Å². The fourth-order valence-electron chi connectivity index (χ4n) is 4.57. The Hall–Kier alpha value is 0.508. The Labute approximate surface area is 228 Å². The van der Waals surface area contributed by atoms with Crippen molar-refractivity contribution in [3.05, 3.63) is 0 Å². The van der Waals surface area contributed by atoms with Crippen LogP contribution in [0, 0.1) is 0 Å². The van der Waals surface area contributed by atoms with E-state index in [0.717, 1.165) is 57.4 Å². The molecular weight excluding hydrogens is 545 g/mol. The quantitative estimate of drug-likeness (QED) is 0.0975. The first-order valence-electron chi connectivity index (χ1n) is 14.0. The molecule has 3 saturated heterocycles. The van der Waals surface area contributed by atoms with Crippen molar-refractivity contribution >= 4 is 33.8 Å². The van der Waals surface area contributed by atoms with Crippen LogP contribution in [0.2, 0.25) is 64.0 Å². The third-order valence-electron chi connectivity index (χ3n) is 6.43. The Morgan fingerprint density at radius 3 is 1.46 bits per heavy atom. The molecule has 0 spiro atoms. The molecule has 4 atom stereocenters. The normalized spacial score (nSPS) is 25.2. The molecule has 3 aliphatic rings. The summed E-state index contributed by atoms with van der Waals surface area (Å²) in [5, 5.41) is 0. The van der Waals surface area contributed by atoms with Crippen molar-refractivity contribution in [1.82, 2.24) is 0 Å². The summed E-state index contributed by atoms with van der Waals surface area (Å²) < 4.78 is 53.9. The van der Waals surface area contributed by atoms with Gasteiger partial charge in [-0.15, -0.1) is 0 Å². The number of epoxide rings is 3. The molecule has 3 fully saturated rings. The van der Waals surface area contributed by atoms with Crippen LogP contribution in [0.1, 0.15) is 12.8 Å². The molecule has 218 valence electrons. The van der Waals surface area contributed by atoms with Crippen LogP contribution in [0.4, 0.5) is 0 Å². The van der Waals surface area contributed by atoms with Gasteiger partial charge < -0.3 is 40.8 Å². The highest BCUT2D eigenvalue weighted by molar-refractivity contribution is 6.89. The maximum Gasteiger partial charge on any atom is 0.315 e. The fourth-order valence-corrected chi connectivity index (χ4v) is 23.9. The summed E-state index contributed by atoms with van der Waals surface area (Å²) in [6.07, 6.45) is 2.84. The molecule has 0 bridgehead atoms. The van der Waals surface area contributed by atoms with Gasteiger partial charge in [0, 0.05) is 19.8 Å². The van der Waals surface area contributed by atoms with Gasteiger partial charge in [-0.1, -0.05) is 0 Å². The average molecular weight is 597 g/mol. The minimum Gasteiger partial charge on any atom is -0.436 e. The van der Waals surface area contributed by atoms with Crippen LogP contribution in [0.3, 0.4) is 0 Å². The number of hydrogen-bond donors (Lipinski definition) is 0. The number of rotatable bonds is 23. The number of hydrogen-bond acceptors (Lipinski definition) is 9. The van der Waals surface area contributed by atoms with E-state index in [1.54, 1.807) is 0 Å². The summed E-state index contributed by atoms with van der Waals surface area (Å²) in [6.45, 7) is 22.5. The zero-order valence-electron chi connectivity index (χ0n) is 24.3. The van der Waals surface area contributed by atoms with Gasteiger partial charge in [-0.2, -0.15) is 0 Å². The summed E-state index contributed by atoms with van der Waals surface area (Å²) in [6, 6.07) is 2.89. The largest absolute Gasteiger partial charge is 0.436 e. The van der Waals surface area contributed by atoms with Crippen LogP contribution in [-0.2, 0) is 40.8 Å². The highest BCUT2D eigenvalue weighted by Gasteiger charge is 2.45. The summed E-state index contributed by atoms with van der Waals surface area (Å²) in [5.41, 5.74) is 0. The average Bonchev–Trinajstić information content (AvgIpc) is 3.61. The lowest BCUT2D eigenvalue weighted by Crippen LogP contribution is -2.57. The summed E-state index contributed by atoms with van der Waals surface area (Å²) in [5.74, 6) is 0. The van der Waals surface area contributed by atoms with Crippen LogP contribution in [-0.4, -0.2) is 112 Å². The zero-order valence-corrected chi connectivity index (χ0v) is 28.3. The van der Waals surface area contributed by atoms with Crippen LogP contribution in [0.25, 0.3) is 0 Å². The molecule has 0 saturated carbocycles. The van der Waals surface area contributed by atoms with Crippen LogP contribution >= 0.6 is 0 Å². The van der Waals surface area contributed by atoms with E-state index >= 15 is 0 Å². The van der Waals surface area contributed by atoms with E-state index in [1.807, 2.05) is 0 Å². The molecule has 13 heteroatoms. The Morgan fingerprint density at radius 1 is 0.541 bits per heavy atom. The maximum absolute atomic E-state index is 6.98. The second kappa shape index (κ2) is 14.4. The van der Waals surface area contributed by atoms with E-state index in [9.17, 15) is 0 Å². The molecule has 37 heavy (non-hydrogen) atoms. The van der Waals surface area contributed by atoms with Gasteiger partial charge in [0.15, 0.2) is 16.6 Å². The lowest BCUT2D eigenvalue weighted by atomic mass is 10.5. The number of ether oxygens (including phenoxy) is 6. The summed E-state index contributed by atoms with van der Waals surface area (Å²) >= 11 is 0. The van der Waals surface area contributed by atoms with E-state index in [-0.39, 0.29) is 0 Å². The van der Waals surface area contributed by atoms with E-state index in [2.05, 4.69) is 45.8 Å². The van der Waals surface area contributed by atoms with E-state index in [0.29, 0.717) is 51.3 Å². The van der Waals surface area contributed by atoms with E-state index < -0.39 is 33.8 Å². The maximum atomic E-state index is 6.98. The topological polar surface area (TPSA) is 93.0 Å². The standard InChI is InChI=1S/C24H52O9Si4/c1-34(2,13-8-10-25-16-22-19-28-22)31-36(5,6)33-37(7,14-9-11-26-17-23-20-29-23)32-35(3,4)15-12-27-18-24-21-30-24/h22-24H,8-21H2,1-7H3. The molecule has 4 unspecified atom stereocenters. The van der Waals surface area contributed by atoms with Crippen LogP contribution < -0.4 is 0 Å². The fraction of sp³-hybridized carbons (Fsp3) is 1.00. The van der Waals surface area contributed by atoms with Crippen LogP contribution in [0.5, 0.6) is 0 Å². The molecule has 0 aromatic heterocycles. The van der Waals surface area contributed by atoms with Gasteiger partial charge in [0.1, 0.15) is 18.3 Å². The summed E-state index contributed by atoms with van der Waals surface area (Å²) in [7, 11) is -8.83. The minimum atomic E-state index is -2.51. The van der Waals surface area contributed by atoms with Crippen molar-refractivity contribution in [2.75, 3.05) is 59.5 Å². The Balaban J connectivity index is 1.48. The second-order valence-corrected chi connectivity index (χ2v) is 28.5. The molecule has 3 heterocycles. The van der Waals surface area contributed by atoms with Gasteiger partial charge in [0.25, 0.3) is 0 Å². The predicted molar refractivity (Wildman–Crippen MR) is 153 cm³/mol. The first-order chi connectivity index (χ1) is 17.4. The van der Waals surface area contributed by atoms with Crippen molar-refractivity contribution in [3.8, 4) is 0 Å².